The molecule has 1 aromatic rings. The first-order chi connectivity index (χ1) is 9.49. The van der Waals surface area contributed by atoms with E-state index < -0.39 is 30.8 Å². The Morgan fingerprint density at radius 1 is 1.15 bits per heavy atom. The van der Waals surface area contributed by atoms with Crippen molar-refractivity contribution in [3.05, 3.63) is 30.3 Å². The summed E-state index contributed by atoms with van der Waals surface area (Å²) in [6, 6.07) is 7.87. The number of likely N-dealkylation sites (tertiary alicyclic amines) is 1. The molecule has 1 saturated heterocycles. The first kappa shape index (κ1) is 14.3. The van der Waals surface area contributed by atoms with Crippen LogP contribution in [0.25, 0.3) is 0 Å². The van der Waals surface area contributed by atoms with Crippen molar-refractivity contribution in [3.63, 3.8) is 0 Å². The largest absolute Gasteiger partial charge is 0.480 e. The van der Waals surface area contributed by atoms with Crippen molar-refractivity contribution in [1.82, 2.24) is 4.90 Å². The number of nitrogens with zero attached hydrogens (tertiary/aromatic N) is 2. The van der Waals surface area contributed by atoms with Crippen LogP contribution in [-0.4, -0.2) is 64.1 Å². The molecule has 0 saturated carbocycles. The number of benzene rings is 1. The van der Waals surface area contributed by atoms with Gasteiger partial charge in [-0.05, 0) is 12.1 Å². The maximum Gasteiger partial charge on any atom is 0.325 e. The van der Waals surface area contributed by atoms with Gasteiger partial charge in [0.25, 0.3) is 0 Å². The zero-order valence-corrected chi connectivity index (χ0v) is 10.7. The second kappa shape index (κ2) is 5.89. The molecule has 2 rings (SSSR count). The average molecular weight is 280 g/mol. The predicted octanol–water partition coefficient (Wildman–Crippen LogP) is -0.265. The first-order valence-corrected chi connectivity index (χ1v) is 6.18. The van der Waals surface area contributed by atoms with Crippen LogP contribution >= 0.6 is 0 Å². The number of carboxylic acids is 1. The highest BCUT2D eigenvalue weighted by atomic mass is 16.4. The van der Waals surface area contributed by atoms with Gasteiger partial charge in [0.1, 0.15) is 6.54 Å². The third kappa shape index (κ3) is 3.06. The summed E-state index contributed by atoms with van der Waals surface area (Å²) in [4.78, 5) is 25.6. The van der Waals surface area contributed by atoms with Crippen LogP contribution in [0.1, 0.15) is 0 Å². The minimum Gasteiger partial charge on any atom is -0.480 e. The van der Waals surface area contributed by atoms with Gasteiger partial charge in [-0.25, -0.2) is 4.79 Å². The number of carbonyl (C=O) groups is 2. The lowest BCUT2D eigenvalue weighted by molar-refractivity contribution is -0.135. The van der Waals surface area contributed by atoms with Crippen molar-refractivity contribution in [2.75, 3.05) is 24.5 Å². The minimum absolute atomic E-state index is 0.0110. The number of β-amino-alcohol motifs (C(OH)–C–C–N with tert-alkyl or cyclic N) is 2. The van der Waals surface area contributed by atoms with Crippen molar-refractivity contribution in [1.29, 1.82) is 0 Å². The van der Waals surface area contributed by atoms with E-state index in [4.69, 9.17) is 5.11 Å². The number of carbonyl (C=O) groups excluding carboxylic acids is 1. The zero-order valence-electron chi connectivity index (χ0n) is 10.7. The molecule has 3 N–H and O–H groups in total. The Labute approximate surface area is 115 Å². The van der Waals surface area contributed by atoms with Gasteiger partial charge >= 0.3 is 12.0 Å². The quantitative estimate of drug-likeness (QED) is 0.708. The molecule has 1 fully saturated rings. The third-order valence-corrected chi connectivity index (χ3v) is 3.12. The molecule has 7 nitrogen and oxygen atoms in total. The Bertz CT molecular complexity index is 483. The van der Waals surface area contributed by atoms with Crippen molar-refractivity contribution in [3.8, 4) is 0 Å². The average Bonchev–Trinajstić information content (AvgIpc) is 2.76. The van der Waals surface area contributed by atoms with Crippen molar-refractivity contribution in [2.45, 2.75) is 12.2 Å². The number of aliphatic hydroxyl groups is 2. The Morgan fingerprint density at radius 2 is 1.70 bits per heavy atom. The van der Waals surface area contributed by atoms with E-state index in [0.717, 1.165) is 4.90 Å². The van der Waals surface area contributed by atoms with Crippen LogP contribution in [0, 0.1) is 0 Å². The second-order valence-electron chi connectivity index (χ2n) is 4.64. The molecule has 2 amide bonds. The van der Waals surface area contributed by atoms with Gasteiger partial charge in [0, 0.05) is 5.69 Å². The molecule has 2 unspecified atom stereocenters. The smallest absolute Gasteiger partial charge is 0.325 e. The lowest BCUT2D eigenvalue weighted by Crippen LogP contribution is -2.45. The van der Waals surface area contributed by atoms with Gasteiger partial charge in [-0.1, -0.05) is 18.2 Å². The Balaban J connectivity index is 2.19. The van der Waals surface area contributed by atoms with E-state index in [1.54, 1.807) is 30.3 Å². The van der Waals surface area contributed by atoms with Crippen molar-refractivity contribution < 1.29 is 24.9 Å². The maximum absolute atomic E-state index is 12.3. The fourth-order valence-electron chi connectivity index (χ4n) is 2.11. The molecule has 108 valence electrons. The van der Waals surface area contributed by atoms with E-state index in [2.05, 4.69) is 0 Å². The topological polar surface area (TPSA) is 101 Å². The monoisotopic (exact) mass is 280 g/mol. The molecule has 1 aromatic carbocycles. The fraction of sp³-hybridized carbons (Fsp3) is 0.385. The minimum atomic E-state index is -1.14. The molecule has 1 aliphatic heterocycles. The van der Waals surface area contributed by atoms with Gasteiger partial charge in [-0.2, -0.15) is 0 Å². The van der Waals surface area contributed by atoms with E-state index in [1.165, 1.54) is 4.90 Å². The number of aliphatic carboxylic acids is 1. The summed E-state index contributed by atoms with van der Waals surface area (Å²) < 4.78 is 0. The van der Waals surface area contributed by atoms with Crippen molar-refractivity contribution >= 4 is 17.7 Å². The Hall–Kier alpha value is -2.12. The summed E-state index contributed by atoms with van der Waals surface area (Å²) in [6.07, 6.45) is -2.00. The molecule has 0 aliphatic carbocycles. The van der Waals surface area contributed by atoms with Gasteiger partial charge in [0.2, 0.25) is 0 Å². The number of urea groups is 1. The molecular weight excluding hydrogens is 264 g/mol. The zero-order chi connectivity index (χ0) is 14.7. The summed E-state index contributed by atoms with van der Waals surface area (Å²) >= 11 is 0. The number of amides is 2. The third-order valence-electron chi connectivity index (χ3n) is 3.12. The molecule has 7 heteroatoms. The summed E-state index contributed by atoms with van der Waals surface area (Å²) in [5.41, 5.74) is 0.454. The van der Waals surface area contributed by atoms with E-state index in [0.29, 0.717) is 5.69 Å². The maximum atomic E-state index is 12.3. The van der Waals surface area contributed by atoms with E-state index >= 15 is 0 Å². The van der Waals surface area contributed by atoms with Crippen LogP contribution in [0.4, 0.5) is 10.5 Å². The van der Waals surface area contributed by atoms with Gasteiger partial charge in [0.15, 0.2) is 0 Å². The predicted molar refractivity (Wildman–Crippen MR) is 70.4 cm³/mol. The van der Waals surface area contributed by atoms with Gasteiger partial charge < -0.3 is 20.2 Å². The second-order valence-corrected chi connectivity index (χ2v) is 4.64. The summed E-state index contributed by atoms with van der Waals surface area (Å²) in [5.74, 6) is -1.14. The van der Waals surface area contributed by atoms with Crippen LogP contribution in [0.15, 0.2) is 30.3 Å². The molecular formula is C13H16N2O5. The number of rotatable bonds is 3. The number of aliphatic hydroxyl groups excluding tert-OH is 2. The van der Waals surface area contributed by atoms with E-state index in [-0.39, 0.29) is 13.1 Å². The lowest BCUT2D eigenvalue weighted by atomic mass is 10.3. The van der Waals surface area contributed by atoms with E-state index in [1.807, 2.05) is 0 Å². The molecule has 0 bridgehead atoms. The van der Waals surface area contributed by atoms with Gasteiger partial charge in [0.05, 0.1) is 25.3 Å². The van der Waals surface area contributed by atoms with Crippen LogP contribution in [0.3, 0.4) is 0 Å². The number of hydrogen-bond donors (Lipinski definition) is 3. The number of para-hydroxylation sites is 1. The van der Waals surface area contributed by atoms with E-state index in [9.17, 15) is 19.8 Å². The molecule has 1 heterocycles. The SMILES string of the molecule is O=C(O)CN(C(=O)N1CC(O)C(O)C1)c1ccccc1. The highest BCUT2D eigenvalue weighted by Gasteiger charge is 2.35. The summed E-state index contributed by atoms with van der Waals surface area (Å²) in [5, 5.41) is 27.9. The van der Waals surface area contributed by atoms with Crippen LogP contribution < -0.4 is 4.90 Å². The normalized spacial score (nSPS) is 21.8. The first-order valence-electron chi connectivity index (χ1n) is 6.18. The standard InChI is InChI=1S/C13H16N2O5/c16-10-6-14(7-11(10)17)13(20)15(8-12(18)19)9-4-2-1-3-5-9/h1-5,10-11,16-17H,6-8H2,(H,18,19). The Morgan fingerprint density at radius 3 is 2.20 bits per heavy atom. The van der Waals surface area contributed by atoms with Crippen LogP contribution in [-0.2, 0) is 4.79 Å². The van der Waals surface area contributed by atoms with Crippen molar-refractivity contribution in [2.24, 2.45) is 0 Å². The molecule has 1 aliphatic rings. The molecule has 0 spiro atoms. The summed E-state index contributed by atoms with van der Waals surface area (Å²) in [6.45, 7) is -0.503. The van der Waals surface area contributed by atoms with Gasteiger partial charge in [-0.15, -0.1) is 0 Å². The lowest BCUT2D eigenvalue weighted by Gasteiger charge is -2.26. The Kier molecular flexibility index (Phi) is 4.21. The van der Waals surface area contributed by atoms with Crippen LogP contribution in [0.2, 0.25) is 0 Å². The molecule has 2 atom stereocenters. The molecule has 20 heavy (non-hydrogen) atoms. The fourth-order valence-corrected chi connectivity index (χ4v) is 2.11. The highest BCUT2D eigenvalue weighted by molar-refractivity contribution is 5.96. The number of carboxylic acid groups (broad SMARTS) is 1. The number of hydrogen-bond acceptors (Lipinski definition) is 4. The van der Waals surface area contributed by atoms with Gasteiger partial charge in [-0.3, -0.25) is 9.69 Å². The molecule has 0 radical (unpaired) electrons. The number of anilines is 1. The summed E-state index contributed by atoms with van der Waals surface area (Å²) in [7, 11) is 0. The highest BCUT2D eigenvalue weighted by Crippen LogP contribution is 2.18. The van der Waals surface area contributed by atoms with Crippen LogP contribution in [0.5, 0.6) is 0 Å². The molecule has 0 aromatic heterocycles.